The Kier molecular flexibility index (Phi) is 16.1. The van der Waals surface area contributed by atoms with Crippen molar-refractivity contribution in [2.75, 3.05) is 12.4 Å². The molecule has 0 heterocycles. The average molecular weight is 272 g/mol. The molecular weight excluding hydrogens is 254 g/mol. The normalized spacial score (nSPS) is 9.08. The molecular formula is C9H18OS2Zn. The van der Waals surface area contributed by atoms with Crippen LogP contribution in [0.5, 0.6) is 0 Å². The first-order chi connectivity index (χ1) is 5.81. The molecule has 1 nitrogen and oxygen atoms in total. The molecule has 0 saturated carbocycles. The van der Waals surface area contributed by atoms with Gasteiger partial charge in [-0.05, 0) is 25.1 Å². The molecule has 0 unspecified atom stereocenters. The van der Waals surface area contributed by atoms with Crippen molar-refractivity contribution in [3.05, 3.63) is 0 Å². The minimum absolute atomic E-state index is 0. The maximum atomic E-state index is 5.32. The van der Waals surface area contributed by atoms with Gasteiger partial charge in [-0.2, -0.15) is 0 Å². The maximum absolute atomic E-state index is 5.32. The first kappa shape index (κ1) is 16.3. The number of hydrogen-bond donors (Lipinski definition) is 0. The Morgan fingerprint density at radius 1 is 1.23 bits per heavy atom. The van der Waals surface area contributed by atoms with Crippen LogP contribution in [0, 0.1) is 0 Å². The second-order valence-corrected chi connectivity index (χ2v) is 4.35. The molecule has 0 aromatic carbocycles. The molecule has 13 heavy (non-hydrogen) atoms. The van der Waals surface area contributed by atoms with Crippen LogP contribution in [0.15, 0.2) is 0 Å². The number of ether oxygens (including phenoxy) is 1. The summed E-state index contributed by atoms with van der Waals surface area (Å²) in [5.41, 5.74) is 0. The third-order valence-corrected chi connectivity index (χ3v) is 2.75. The van der Waals surface area contributed by atoms with Crippen LogP contribution in [0.3, 0.4) is 0 Å². The van der Waals surface area contributed by atoms with Crippen LogP contribution in [0.2, 0.25) is 0 Å². The van der Waals surface area contributed by atoms with Crippen molar-refractivity contribution < 1.29 is 24.2 Å². The van der Waals surface area contributed by atoms with Gasteiger partial charge in [0.25, 0.3) is 0 Å². The van der Waals surface area contributed by atoms with Crippen molar-refractivity contribution in [2.45, 2.75) is 39.5 Å². The van der Waals surface area contributed by atoms with Crippen LogP contribution < -0.4 is 0 Å². The van der Waals surface area contributed by atoms with E-state index in [1.54, 1.807) is 11.8 Å². The zero-order valence-corrected chi connectivity index (χ0v) is 13.3. The van der Waals surface area contributed by atoms with Gasteiger partial charge in [0.1, 0.15) is 0 Å². The molecule has 0 rings (SSSR count). The Morgan fingerprint density at radius 2 is 1.85 bits per heavy atom. The maximum Gasteiger partial charge on any atom is 0.219 e. The van der Waals surface area contributed by atoms with Gasteiger partial charge in [-0.25, -0.2) is 0 Å². The number of thiocarbonyl (C=S) groups is 1. The van der Waals surface area contributed by atoms with Gasteiger partial charge in [0.05, 0.1) is 6.61 Å². The summed E-state index contributed by atoms with van der Waals surface area (Å²) in [6, 6.07) is 0. The number of hydrogen-bond acceptors (Lipinski definition) is 3. The Hall–Kier alpha value is 0.863. The molecule has 74 valence electrons. The van der Waals surface area contributed by atoms with Crippen molar-refractivity contribution >= 4 is 28.4 Å². The Labute approximate surface area is 104 Å². The average Bonchev–Trinajstić information content (AvgIpc) is 2.06. The minimum Gasteiger partial charge on any atom is -0.479 e. The van der Waals surface area contributed by atoms with E-state index in [1.165, 1.54) is 19.3 Å². The molecule has 0 spiro atoms. The number of thioether (sulfide) groups is 1. The zero-order valence-electron chi connectivity index (χ0n) is 8.67. The molecule has 0 aliphatic rings. The van der Waals surface area contributed by atoms with Gasteiger partial charge < -0.3 is 4.74 Å². The third kappa shape index (κ3) is 12.9. The zero-order chi connectivity index (χ0) is 9.23. The molecule has 0 aliphatic carbocycles. The molecule has 4 heteroatoms. The van der Waals surface area contributed by atoms with E-state index in [-0.39, 0.29) is 19.5 Å². The predicted molar refractivity (Wildman–Crippen MR) is 60.8 cm³/mol. The predicted octanol–water partition coefficient (Wildman–Crippen LogP) is 3.62. The minimum atomic E-state index is 0. The number of unbranched alkanes of at least 4 members (excludes halogenated alkanes) is 2. The van der Waals surface area contributed by atoms with E-state index >= 15 is 0 Å². The topological polar surface area (TPSA) is 9.23 Å². The third-order valence-electron chi connectivity index (χ3n) is 1.44. The summed E-state index contributed by atoms with van der Waals surface area (Å²) in [4.78, 5) is 0. The standard InChI is InChI=1S/C9H18OS2.Zn/c1-3-5-7-10-9(11)12-8-6-4-2;/h3-8H2,1-2H3;. The summed E-state index contributed by atoms with van der Waals surface area (Å²) in [6.07, 6.45) is 4.73. The van der Waals surface area contributed by atoms with Gasteiger partial charge >= 0.3 is 0 Å². The molecule has 0 bridgehead atoms. The van der Waals surface area contributed by atoms with Gasteiger partial charge in [-0.15, -0.1) is 0 Å². The fourth-order valence-electron chi connectivity index (χ4n) is 0.641. The molecule has 0 radical (unpaired) electrons. The molecule has 0 amide bonds. The van der Waals surface area contributed by atoms with E-state index in [0.29, 0.717) is 0 Å². The summed E-state index contributed by atoms with van der Waals surface area (Å²) >= 11 is 6.68. The van der Waals surface area contributed by atoms with E-state index < -0.39 is 0 Å². The molecule has 0 fully saturated rings. The second kappa shape index (κ2) is 12.9. The largest absolute Gasteiger partial charge is 0.479 e. The van der Waals surface area contributed by atoms with Crippen LogP contribution in [-0.2, 0) is 24.2 Å². The fraction of sp³-hybridized carbons (Fsp3) is 0.889. The Bertz CT molecular complexity index is 108. The molecule has 0 aromatic rings. The van der Waals surface area contributed by atoms with Crippen LogP contribution >= 0.6 is 24.0 Å². The van der Waals surface area contributed by atoms with E-state index in [4.69, 9.17) is 17.0 Å². The second-order valence-electron chi connectivity index (χ2n) is 2.65. The van der Waals surface area contributed by atoms with Crippen molar-refractivity contribution in [1.29, 1.82) is 0 Å². The summed E-state index contributed by atoms with van der Waals surface area (Å²) in [6.45, 7) is 5.12. The van der Waals surface area contributed by atoms with Crippen molar-refractivity contribution in [2.24, 2.45) is 0 Å². The monoisotopic (exact) mass is 270 g/mol. The summed E-state index contributed by atoms with van der Waals surface area (Å²) in [7, 11) is 0. The molecule has 0 aromatic heterocycles. The van der Waals surface area contributed by atoms with E-state index in [0.717, 1.165) is 23.2 Å². The van der Waals surface area contributed by atoms with Crippen LogP contribution in [0.1, 0.15) is 39.5 Å². The molecule has 0 saturated heterocycles. The Balaban J connectivity index is 0. The summed E-state index contributed by atoms with van der Waals surface area (Å²) in [5, 5.41) is 0. The van der Waals surface area contributed by atoms with Gasteiger partial charge in [0.15, 0.2) is 0 Å². The van der Waals surface area contributed by atoms with Gasteiger partial charge in [-0.1, -0.05) is 38.5 Å². The van der Waals surface area contributed by atoms with Crippen molar-refractivity contribution in [3.63, 3.8) is 0 Å². The smallest absolute Gasteiger partial charge is 0.219 e. The van der Waals surface area contributed by atoms with E-state index in [1.807, 2.05) is 0 Å². The quantitative estimate of drug-likeness (QED) is 0.415. The van der Waals surface area contributed by atoms with Gasteiger partial charge in [-0.3, -0.25) is 0 Å². The fourth-order valence-corrected chi connectivity index (χ4v) is 1.74. The van der Waals surface area contributed by atoms with E-state index in [2.05, 4.69) is 13.8 Å². The van der Waals surface area contributed by atoms with Gasteiger partial charge in [0.2, 0.25) is 4.38 Å². The summed E-state index contributed by atoms with van der Waals surface area (Å²) in [5.74, 6) is 1.10. The molecule has 0 N–H and O–H groups in total. The SMILES string of the molecule is CCCCOC(=S)SCCCC.[Zn]. The van der Waals surface area contributed by atoms with Crippen molar-refractivity contribution in [1.82, 2.24) is 0 Å². The van der Waals surface area contributed by atoms with Gasteiger partial charge in [0, 0.05) is 25.2 Å². The Morgan fingerprint density at radius 3 is 2.38 bits per heavy atom. The number of rotatable bonds is 6. The van der Waals surface area contributed by atoms with Crippen LogP contribution in [0.25, 0.3) is 0 Å². The summed E-state index contributed by atoms with van der Waals surface area (Å²) < 4.78 is 6.04. The molecule has 0 aliphatic heterocycles. The first-order valence-corrected chi connectivity index (χ1v) is 6.00. The first-order valence-electron chi connectivity index (χ1n) is 4.60. The molecule has 0 atom stereocenters. The van der Waals surface area contributed by atoms with Crippen LogP contribution in [0.4, 0.5) is 0 Å². The van der Waals surface area contributed by atoms with Crippen molar-refractivity contribution in [3.8, 4) is 0 Å². The van der Waals surface area contributed by atoms with E-state index in [9.17, 15) is 0 Å². The van der Waals surface area contributed by atoms with Crippen LogP contribution in [-0.4, -0.2) is 16.7 Å².